The molecule has 110 valence electrons. The smallest absolute Gasteiger partial charge is 0.296 e. The number of amides is 1. The van der Waals surface area contributed by atoms with Crippen molar-refractivity contribution in [3.63, 3.8) is 0 Å². The van der Waals surface area contributed by atoms with Crippen LogP contribution >= 0.6 is 0 Å². The van der Waals surface area contributed by atoms with Crippen LogP contribution in [0.3, 0.4) is 0 Å². The second-order valence-electron chi connectivity index (χ2n) is 4.10. The van der Waals surface area contributed by atoms with Gasteiger partial charge < -0.3 is 15.2 Å². The van der Waals surface area contributed by atoms with E-state index in [4.69, 9.17) is 9.84 Å². The fourth-order valence-electron chi connectivity index (χ4n) is 1.63. The van der Waals surface area contributed by atoms with Crippen molar-refractivity contribution in [2.45, 2.75) is 26.2 Å². The Morgan fingerprint density at radius 1 is 1.45 bits per heavy atom. The van der Waals surface area contributed by atoms with E-state index in [1.165, 1.54) is 12.1 Å². The van der Waals surface area contributed by atoms with Crippen LogP contribution in [-0.4, -0.2) is 29.2 Å². The first-order valence-electron chi connectivity index (χ1n) is 6.40. The van der Waals surface area contributed by atoms with E-state index in [0.717, 1.165) is 0 Å². The normalized spacial score (nSPS) is 10.1. The summed E-state index contributed by atoms with van der Waals surface area (Å²) in [5.41, 5.74) is -0.0566. The number of nitrogens with zero attached hydrogens (tertiary/aromatic N) is 1. The highest BCUT2D eigenvalue weighted by atomic mass is 16.6. The predicted octanol–water partition coefficient (Wildman–Crippen LogP) is 2.09. The van der Waals surface area contributed by atoms with E-state index in [-0.39, 0.29) is 30.3 Å². The molecule has 0 aliphatic carbocycles. The van der Waals surface area contributed by atoms with Crippen molar-refractivity contribution >= 4 is 17.3 Å². The number of carbonyl (C=O) groups is 1. The van der Waals surface area contributed by atoms with Gasteiger partial charge in [-0.25, -0.2) is 0 Å². The summed E-state index contributed by atoms with van der Waals surface area (Å²) in [7, 11) is 0. The fraction of sp³-hybridized carbons (Fsp3) is 0.462. The van der Waals surface area contributed by atoms with E-state index in [2.05, 4.69) is 5.32 Å². The minimum Gasteiger partial charge on any atom is -0.494 e. The summed E-state index contributed by atoms with van der Waals surface area (Å²) in [6.07, 6.45) is 1.27. The number of nitro benzene ring substituents is 1. The van der Waals surface area contributed by atoms with E-state index in [1.54, 1.807) is 13.0 Å². The van der Waals surface area contributed by atoms with Crippen molar-refractivity contribution in [1.29, 1.82) is 0 Å². The molecule has 7 nitrogen and oxygen atoms in total. The highest BCUT2D eigenvalue weighted by Gasteiger charge is 2.17. The Balaban J connectivity index is 2.78. The van der Waals surface area contributed by atoms with Crippen LogP contribution < -0.4 is 10.1 Å². The molecular weight excluding hydrogens is 264 g/mol. The molecule has 0 unspecified atom stereocenters. The Hall–Kier alpha value is -2.15. The topological polar surface area (TPSA) is 102 Å². The molecule has 7 heteroatoms. The summed E-state index contributed by atoms with van der Waals surface area (Å²) in [6.45, 7) is 2.21. The first-order chi connectivity index (χ1) is 9.58. The Morgan fingerprint density at radius 3 is 2.80 bits per heavy atom. The lowest BCUT2D eigenvalue weighted by atomic mass is 10.2. The number of hydrogen-bond acceptors (Lipinski definition) is 5. The maximum absolute atomic E-state index is 11.6. The number of unbranched alkanes of at least 4 members (excludes halogenated alkanes) is 1. The highest BCUT2D eigenvalue weighted by molar-refractivity contribution is 5.93. The number of ether oxygens (including phenoxy) is 1. The standard InChI is InChI=1S/C13H18N2O5/c1-2-20-10-6-7-11(12(9-10)15(18)19)14-13(17)5-3-4-8-16/h6-7,9,16H,2-5,8H2,1H3,(H,14,17). The quantitative estimate of drug-likeness (QED) is 0.432. The van der Waals surface area contributed by atoms with Crippen LogP contribution in [-0.2, 0) is 4.79 Å². The number of benzene rings is 1. The first-order valence-corrected chi connectivity index (χ1v) is 6.40. The zero-order chi connectivity index (χ0) is 15.0. The number of anilines is 1. The Labute approximate surface area is 116 Å². The molecule has 0 bridgehead atoms. The number of nitro groups is 1. The van der Waals surface area contributed by atoms with Crippen LogP contribution in [0.5, 0.6) is 5.75 Å². The van der Waals surface area contributed by atoms with Gasteiger partial charge in [-0.05, 0) is 31.9 Å². The molecule has 1 aromatic rings. The lowest BCUT2D eigenvalue weighted by Gasteiger charge is -2.08. The molecule has 0 aliphatic rings. The van der Waals surface area contributed by atoms with Gasteiger partial charge in [0.1, 0.15) is 11.4 Å². The molecule has 0 atom stereocenters. The van der Waals surface area contributed by atoms with Gasteiger partial charge in [0.15, 0.2) is 0 Å². The second-order valence-corrected chi connectivity index (χ2v) is 4.10. The minimum atomic E-state index is -0.564. The monoisotopic (exact) mass is 282 g/mol. The number of nitrogens with one attached hydrogen (secondary N) is 1. The van der Waals surface area contributed by atoms with Crippen LogP contribution in [0.4, 0.5) is 11.4 Å². The van der Waals surface area contributed by atoms with Crippen molar-refractivity contribution < 1.29 is 19.6 Å². The highest BCUT2D eigenvalue weighted by Crippen LogP contribution is 2.29. The lowest BCUT2D eigenvalue weighted by molar-refractivity contribution is -0.384. The number of hydrogen-bond donors (Lipinski definition) is 2. The average molecular weight is 282 g/mol. The molecule has 0 heterocycles. The fourth-order valence-corrected chi connectivity index (χ4v) is 1.63. The van der Waals surface area contributed by atoms with Gasteiger partial charge in [0, 0.05) is 13.0 Å². The maximum atomic E-state index is 11.6. The largest absolute Gasteiger partial charge is 0.494 e. The lowest BCUT2D eigenvalue weighted by Crippen LogP contribution is -2.12. The average Bonchev–Trinajstić information content (AvgIpc) is 2.41. The number of aliphatic hydroxyl groups is 1. The van der Waals surface area contributed by atoms with Crippen LogP contribution in [0.1, 0.15) is 26.2 Å². The van der Waals surface area contributed by atoms with Crippen molar-refractivity contribution in [3.8, 4) is 5.75 Å². The van der Waals surface area contributed by atoms with Gasteiger partial charge in [0.25, 0.3) is 5.69 Å². The molecule has 1 aromatic carbocycles. The molecule has 2 N–H and O–H groups in total. The summed E-state index contributed by atoms with van der Waals surface area (Å²) in [4.78, 5) is 22.0. The molecule has 0 saturated heterocycles. The molecule has 1 rings (SSSR count). The van der Waals surface area contributed by atoms with Crippen molar-refractivity contribution in [3.05, 3.63) is 28.3 Å². The summed E-state index contributed by atoms with van der Waals surface area (Å²) < 4.78 is 5.19. The molecule has 0 aromatic heterocycles. The van der Waals surface area contributed by atoms with Gasteiger partial charge in [-0.2, -0.15) is 0 Å². The molecule has 0 aliphatic heterocycles. The number of rotatable bonds is 8. The third-order valence-electron chi connectivity index (χ3n) is 2.56. The summed E-state index contributed by atoms with van der Waals surface area (Å²) >= 11 is 0. The zero-order valence-electron chi connectivity index (χ0n) is 11.3. The van der Waals surface area contributed by atoms with Gasteiger partial charge in [-0.1, -0.05) is 0 Å². The molecular formula is C13H18N2O5. The van der Waals surface area contributed by atoms with E-state index in [9.17, 15) is 14.9 Å². The summed E-state index contributed by atoms with van der Waals surface area (Å²) in [6, 6.07) is 4.31. The predicted molar refractivity (Wildman–Crippen MR) is 73.8 cm³/mol. The zero-order valence-corrected chi connectivity index (χ0v) is 11.3. The van der Waals surface area contributed by atoms with Gasteiger partial charge in [0.2, 0.25) is 5.91 Å². The number of aliphatic hydroxyl groups excluding tert-OH is 1. The van der Waals surface area contributed by atoms with E-state index < -0.39 is 4.92 Å². The van der Waals surface area contributed by atoms with Gasteiger partial charge >= 0.3 is 0 Å². The molecule has 0 fully saturated rings. The van der Waals surface area contributed by atoms with Gasteiger partial charge in [0.05, 0.1) is 17.6 Å². The molecule has 20 heavy (non-hydrogen) atoms. The van der Waals surface area contributed by atoms with Gasteiger partial charge in [-0.15, -0.1) is 0 Å². The van der Waals surface area contributed by atoms with Crippen LogP contribution in [0, 0.1) is 10.1 Å². The SMILES string of the molecule is CCOc1ccc(NC(=O)CCCCO)c([N+](=O)[O-])c1. The molecule has 0 radical (unpaired) electrons. The second kappa shape index (κ2) is 8.11. The van der Waals surface area contributed by atoms with Crippen LogP contribution in [0.25, 0.3) is 0 Å². The Bertz CT molecular complexity index is 476. The third-order valence-corrected chi connectivity index (χ3v) is 2.56. The maximum Gasteiger partial charge on any atom is 0.296 e. The summed E-state index contributed by atoms with van der Waals surface area (Å²) in [5, 5.41) is 22.1. The van der Waals surface area contributed by atoms with Gasteiger partial charge in [-0.3, -0.25) is 14.9 Å². The van der Waals surface area contributed by atoms with E-state index >= 15 is 0 Å². The minimum absolute atomic E-state index is 0.0243. The Morgan fingerprint density at radius 2 is 2.20 bits per heavy atom. The molecule has 0 spiro atoms. The molecule has 0 saturated carbocycles. The van der Waals surface area contributed by atoms with Crippen LogP contribution in [0.15, 0.2) is 18.2 Å². The van der Waals surface area contributed by atoms with E-state index in [0.29, 0.717) is 25.2 Å². The van der Waals surface area contributed by atoms with E-state index in [1.807, 2.05) is 0 Å². The number of carbonyl (C=O) groups excluding carboxylic acids is 1. The summed E-state index contributed by atoms with van der Waals surface area (Å²) in [5.74, 6) is 0.0724. The van der Waals surface area contributed by atoms with Crippen molar-refractivity contribution in [1.82, 2.24) is 0 Å². The van der Waals surface area contributed by atoms with Crippen molar-refractivity contribution in [2.75, 3.05) is 18.5 Å². The van der Waals surface area contributed by atoms with Crippen molar-refractivity contribution in [2.24, 2.45) is 0 Å². The third kappa shape index (κ3) is 4.85. The molecule has 1 amide bonds. The first kappa shape index (κ1) is 15.9. The Kier molecular flexibility index (Phi) is 6.45. The van der Waals surface area contributed by atoms with Crippen LogP contribution in [0.2, 0.25) is 0 Å².